The van der Waals surface area contributed by atoms with Crippen LogP contribution in [0.1, 0.15) is 23.7 Å². The monoisotopic (exact) mass is 322 g/mol. The molecule has 0 bridgehead atoms. The number of rotatable bonds is 2. The highest BCUT2D eigenvalue weighted by atomic mass is 79.9. The first-order chi connectivity index (χ1) is 7.61. The molecule has 6 heteroatoms. The molecule has 1 amide bonds. The number of amides is 1. The molecule has 17 heavy (non-hydrogen) atoms. The molecule has 1 aliphatic rings. The van der Waals surface area contributed by atoms with Gasteiger partial charge in [0.15, 0.2) is 4.67 Å². The topological polar surface area (TPSA) is 59.5 Å². The lowest BCUT2D eigenvalue weighted by Crippen LogP contribution is -2.34. The van der Waals surface area contributed by atoms with Crippen molar-refractivity contribution in [2.24, 2.45) is 11.7 Å². The van der Waals surface area contributed by atoms with E-state index < -0.39 is 0 Å². The number of hydrogen-bond donors (Lipinski definition) is 1. The van der Waals surface area contributed by atoms with Crippen LogP contribution in [-0.4, -0.2) is 29.9 Å². The summed E-state index contributed by atoms with van der Waals surface area (Å²) in [7, 11) is 0. The van der Waals surface area contributed by atoms with E-state index in [4.69, 9.17) is 10.2 Å². The molecule has 1 fully saturated rings. The number of nitrogens with two attached hydrogens (primary N) is 1. The van der Waals surface area contributed by atoms with E-state index in [2.05, 4.69) is 22.9 Å². The van der Waals surface area contributed by atoms with Crippen LogP contribution < -0.4 is 5.73 Å². The number of carbonyl (C=O) groups excluding carboxylic acids is 1. The van der Waals surface area contributed by atoms with Crippen LogP contribution in [0.4, 0.5) is 0 Å². The number of halogens is 2. The summed E-state index contributed by atoms with van der Waals surface area (Å²) in [5.41, 5.74) is 6.23. The molecule has 1 aromatic rings. The van der Waals surface area contributed by atoms with Crippen LogP contribution in [0, 0.1) is 5.92 Å². The summed E-state index contributed by atoms with van der Waals surface area (Å²) >= 11 is 3.19. The molecule has 2 atom stereocenters. The largest absolute Gasteiger partial charge is 0.457 e. The van der Waals surface area contributed by atoms with Crippen molar-refractivity contribution >= 4 is 34.2 Å². The minimum atomic E-state index is 0. The third kappa shape index (κ3) is 3.03. The van der Waals surface area contributed by atoms with Crippen molar-refractivity contribution in [1.82, 2.24) is 4.90 Å². The Kier molecular flexibility index (Phi) is 5.04. The first-order valence-electron chi connectivity index (χ1n) is 5.37. The molecule has 1 saturated heterocycles. The van der Waals surface area contributed by atoms with Gasteiger partial charge in [0.1, 0.15) is 6.26 Å². The average molecular weight is 324 g/mol. The molecule has 0 spiro atoms. The van der Waals surface area contributed by atoms with Crippen LogP contribution in [0.3, 0.4) is 0 Å². The van der Waals surface area contributed by atoms with Crippen molar-refractivity contribution in [1.29, 1.82) is 0 Å². The van der Waals surface area contributed by atoms with Gasteiger partial charge in [0.25, 0.3) is 5.91 Å². The fourth-order valence-electron chi connectivity index (χ4n) is 2.18. The Morgan fingerprint density at radius 1 is 1.71 bits per heavy atom. The Hall–Kier alpha value is -0.520. The van der Waals surface area contributed by atoms with Crippen LogP contribution >= 0.6 is 28.3 Å². The van der Waals surface area contributed by atoms with Crippen LogP contribution in [0.2, 0.25) is 0 Å². The highest BCUT2D eigenvalue weighted by Gasteiger charge is 2.32. The molecule has 0 radical (unpaired) electrons. The maximum absolute atomic E-state index is 12.1. The fourth-order valence-corrected chi connectivity index (χ4v) is 2.52. The Bertz CT molecular complexity index is 397. The van der Waals surface area contributed by atoms with E-state index in [0.29, 0.717) is 22.7 Å². The summed E-state index contributed by atoms with van der Waals surface area (Å²) in [4.78, 5) is 14.0. The standard InChI is InChI=1S/C11H15BrN2O2.ClH/c1-7-2-8(4-13)5-14(7)11(15)9-3-10(12)16-6-9;/h3,6-8H,2,4-5,13H2,1H3;1H. The molecule has 1 aliphatic heterocycles. The van der Waals surface area contributed by atoms with Gasteiger partial charge in [0.2, 0.25) is 0 Å². The molecule has 2 rings (SSSR count). The van der Waals surface area contributed by atoms with E-state index in [1.807, 2.05) is 4.90 Å². The molecule has 0 saturated carbocycles. The minimum Gasteiger partial charge on any atom is -0.457 e. The van der Waals surface area contributed by atoms with Crippen LogP contribution in [0.25, 0.3) is 0 Å². The van der Waals surface area contributed by atoms with Crippen molar-refractivity contribution < 1.29 is 9.21 Å². The summed E-state index contributed by atoms with van der Waals surface area (Å²) in [6, 6.07) is 1.96. The lowest BCUT2D eigenvalue weighted by atomic mass is 10.1. The quantitative estimate of drug-likeness (QED) is 0.908. The zero-order valence-electron chi connectivity index (χ0n) is 9.56. The lowest BCUT2D eigenvalue weighted by molar-refractivity contribution is 0.0742. The van der Waals surface area contributed by atoms with E-state index in [-0.39, 0.29) is 24.4 Å². The zero-order chi connectivity index (χ0) is 11.7. The Balaban J connectivity index is 0.00000144. The van der Waals surface area contributed by atoms with Crippen molar-refractivity contribution in [2.45, 2.75) is 19.4 Å². The second-order valence-electron chi connectivity index (χ2n) is 4.28. The predicted molar refractivity (Wildman–Crippen MR) is 71.3 cm³/mol. The van der Waals surface area contributed by atoms with E-state index in [1.54, 1.807) is 6.07 Å². The second kappa shape index (κ2) is 5.89. The number of hydrogen-bond acceptors (Lipinski definition) is 3. The number of carbonyl (C=O) groups is 1. The molecule has 0 aliphatic carbocycles. The predicted octanol–water partition coefficient (Wildman–Crippen LogP) is 2.27. The number of furan rings is 1. The minimum absolute atomic E-state index is 0. The Labute approximate surface area is 115 Å². The molecule has 2 unspecified atom stereocenters. The second-order valence-corrected chi connectivity index (χ2v) is 5.07. The van der Waals surface area contributed by atoms with Gasteiger partial charge in [-0.05, 0) is 41.7 Å². The molecule has 4 nitrogen and oxygen atoms in total. The Morgan fingerprint density at radius 3 is 2.88 bits per heavy atom. The summed E-state index contributed by atoms with van der Waals surface area (Å²) in [5, 5.41) is 0. The SMILES string of the molecule is CC1CC(CN)CN1C(=O)c1coc(Br)c1.Cl. The number of likely N-dealkylation sites (tertiary alicyclic amines) is 1. The van der Waals surface area contributed by atoms with Crippen molar-refractivity contribution in [2.75, 3.05) is 13.1 Å². The molecule has 0 aromatic carbocycles. The van der Waals surface area contributed by atoms with Gasteiger partial charge in [-0.25, -0.2) is 0 Å². The molecule has 1 aromatic heterocycles. The van der Waals surface area contributed by atoms with E-state index in [9.17, 15) is 4.79 Å². The summed E-state index contributed by atoms with van der Waals surface area (Å²) in [6.07, 6.45) is 2.47. The highest BCUT2D eigenvalue weighted by molar-refractivity contribution is 9.10. The summed E-state index contributed by atoms with van der Waals surface area (Å²) in [6.45, 7) is 3.45. The zero-order valence-corrected chi connectivity index (χ0v) is 12.0. The van der Waals surface area contributed by atoms with Crippen LogP contribution in [0.5, 0.6) is 0 Å². The van der Waals surface area contributed by atoms with Crippen molar-refractivity contribution in [3.8, 4) is 0 Å². The van der Waals surface area contributed by atoms with Gasteiger partial charge < -0.3 is 15.1 Å². The van der Waals surface area contributed by atoms with E-state index >= 15 is 0 Å². The van der Waals surface area contributed by atoms with Gasteiger partial charge in [-0.1, -0.05) is 0 Å². The lowest BCUT2D eigenvalue weighted by Gasteiger charge is -2.20. The van der Waals surface area contributed by atoms with Gasteiger partial charge in [0.05, 0.1) is 5.56 Å². The van der Waals surface area contributed by atoms with Gasteiger partial charge in [-0.15, -0.1) is 12.4 Å². The van der Waals surface area contributed by atoms with E-state index in [0.717, 1.165) is 13.0 Å². The molecule has 96 valence electrons. The van der Waals surface area contributed by atoms with Gasteiger partial charge in [-0.2, -0.15) is 0 Å². The average Bonchev–Trinajstić information content (AvgIpc) is 2.83. The van der Waals surface area contributed by atoms with Crippen LogP contribution in [0.15, 0.2) is 21.4 Å². The molecule has 2 N–H and O–H groups in total. The van der Waals surface area contributed by atoms with Gasteiger partial charge in [-0.3, -0.25) is 4.79 Å². The van der Waals surface area contributed by atoms with Gasteiger partial charge in [0, 0.05) is 18.7 Å². The first-order valence-corrected chi connectivity index (χ1v) is 6.16. The summed E-state index contributed by atoms with van der Waals surface area (Å²) in [5.74, 6) is 0.451. The van der Waals surface area contributed by atoms with Crippen LogP contribution in [-0.2, 0) is 0 Å². The molecule has 2 heterocycles. The third-order valence-corrected chi connectivity index (χ3v) is 3.49. The number of nitrogens with zero attached hydrogens (tertiary/aromatic N) is 1. The maximum Gasteiger partial charge on any atom is 0.257 e. The normalized spacial score (nSPS) is 23.6. The first kappa shape index (κ1) is 14.5. The van der Waals surface area contributed by atoms with E-state index in [1.165, 1.54) is 6.26 Å². The molecular formula is C11H16BrClN2O2. The third-order valence-electron chi connectivity index (χ3n) is 3.07. The molecular weight excluding hydrogens is 307 g/mol. The highest BCUT2D eigenvalue weighted by Crippen LogP contribution is 2.25. The Morgan fingerprint density at radius 2 is 2.41 bits per heavy atom. The maximum atomic E-state index is 12.1. The summed E-state index contributed by atoms with van der Waals surface area (Å²) < 4.78 is 5.66. The van der Waals surface area contributed by atoms with Crippen molar-refractivity contribution in [3.05, 3.63) is 22.6 Å². The van der Waals surface area contributed by atoms with Gasteiger partial charge >= 0.3 is 0 Å². The fraction of sp³-hybridized carbons (Fsp3) is 0.545. The van der Waals surface area contributed by atoms with Crippen molar-refractivity contribution in [3.63, 3.8) is 0 Å². The smallest absolute Gasteiger partial charge is 0.257 e.